The summed E-state index contributed by atoms with van der Waals surface area (Å²) in [6.07, 6.45) is 1.87. The highest BCUT2D eigenvalue weighted by Crippen LogP contribution is 2.37. The van der Waals surface area contributed by atoms with Crippen LogP contribution < -0.4 is 15.0 Å². The molecule has 144 valence electrons. The smallest absolute Gasteiger partial charge is 0.228 e. The predicted octanol–water partition coefficient (Wildman–Crippen LogP) is 4.73. The van der Waals surface area contributed by atoms with Crippen molar-refractivity contribution >= 4 is 39.7 Å². The lowest BCUT2D eigenvalue weighted by atomic mass is 10.1. The Morgan fingerprint density at radius 2 is 2.14 bits per heavy atom. The maximum Gasteiger partial charge on any atom is 0.228 e. The molecule has 0 fully saturated rings. The molecule has 1 atom stereocenters. The number of anilines is 2. The molecule has 1 aliphatic heterocycles. The van der Waals surface area contributed by atoms with Crippen LogP contribution in [0.2, 0.25) is 5.02 Å². The van der Waals surface area contributed by atoms with Crippen LogP contribution in [-0.2, 0) is 11.3 Å². The number of aromatic nitrogens is 1. The summed E-state index contributed by atoms with van der Waals surface area (Å²) in [6, 6.07) is 11.6. The molecule has 3 aromatic rings. The number of nitrogens with zero attached hydrogens (tertiary/aromatic N) is 2. The molecule has 2 heterocycles. The lowest BCUT2D eigenvalue weighted by Gasteiger charge is -2.38. The summed E-state index contributed by atoms with van der Waals surface area (Å²) in [5.41, 5.74) is 1.75. The molecular formula is C20H17ClFN3O2S. The van der Waals surface area contributed by atoms with Gasteiger partial charge in [0.25, 0.3) is 0 Å². The van der Waals surface area contributed by atoms with Crippen molar-refractivity contribution in [3.05, 3.63) is 70.4 Å². The molecule has 0 saturated carbocycles. The highest BCUT2D eigenvalue weighted by molar-refractivity contribution is 7.13. The number of ether oxygens (including phenoxy) is 1. The minimum atomic E-state index is -0.284. The standard InChI is InChI=1S/C20H17ClFN3O2S/c21-14-3-6-18-17(9-14)25(11-13-1-4-15(22)5-2-13)16(12-27-18)10-19(26)24-20-23-7-8-28-20/h1-9,16H,10-12H2,(H,23,24,26)/t16-/m0/s1. The van der Waals surface area contributed by atoms with Gasteiger partial charge in [0.15, 0.2) is 5.13 Å². The van der Waals surface area contributed by atoms with Gasteiger partial charge in [0.1, 0.15) is 18.2 Å². The second-order valence-corrected chi connectivity index (χ2v) is 7.75. The van der Waals surface area contributed by atoms with Gasteiger partial charge >= 0.3 is 0 Å². The van der Waals surface area contributed by atoms with Crippen molar-refractivity contribution in [3.63, 3.8) is 0 Å². The van der Waals surface area contributed by atoms with Crippen molar-refractivity contribution in [2.75, 3.05) is 16.8 Å². The van der Waals surface area contributed by atoms with Gasteiger partial charge in [0, 0.05) is 23.1 Å². The molecule has 0 spiro atoms. The summed E-state index contributed by atoms with van der Waals surface area (Å²) < 4.78 is 19.1. The Labute approximate surface area is 170 Å². The summed E-state index contributed by atoms with van der Waals surface area (Å²) in [5, 5.41) is 5.76. The van der Waals surface area contributed by atoms with Crippen LogP contribution in [0.5, 0.6) is 5.75 Å². The summed E-state index contributed by atoms with van der Waals surface area (Å²) >= 11 is 7.56. The van der Waals surface area contributed by atoms with Gasteiger partial charge in [-0.1, -0.05) is 23.7 Å². The number of halogens is 2. The van der Waals surface area contributed by atoms with Gasteiger partial charge in [-0.2, -0.15) is 0 Å². The summed E-state index contributed by atoms with van der Waals surface area (Å²) in [7, 11) is 0. The molecule has 8 heteroatoms. The maximum absolute atomic E-state index is 13.3. The number of thiazole rings is 1. The van der Waals surface area contributed by atoms with Crippen LogP contribution in [0.15, 0.2) is 54.0 Å². The average Bonchev–Trinajstić information content (AvgIpc) is 3.18. The van der Waals surface area contributed by atoms with Gasteiger partial charge in [0.2, 0.25) is 5.91 Å². The third-order valence-electron chi connectivity index (χ3n) is 4.47. The Morgan fingerprint density at radius 3 is 2.89 bits per heavy atom. The van der Waals surface area contributed by atoms with E-state index in [1.165, 1.54) is 23.5 Å². The number of rotatable bonds is 5. The van der Waals surface area contributed by atoms with Crippen LogP contribution in [0.3, 0.4) is 0 Å². The minimum Gasteiger partial charge on any atom is -0.489 e. The third-order valence-corrected chi connectivity index (χ3v) is 5.39. The zero-order valence-electron chi connectivity index (χ0n) is 14.8. The molecule has 4 rings (SSSR count). The fraction of sp³-hybridized carbons (Fsp3) is 0.200. The molecule has 1 aliphatic rings. The van der Waals surface area contributed by atoms with Crippen molar-refractivity contribution in [2.45, 2.75) is 19.0 Å². The van der Waals surface area contributed by atoms with Gasteiger partial charge in [-0.05, 0) is 35.9 Å². The fourth-order valence-electron chi connectivity index (χ4n) is 3.15. The summed E-state index contributed by atoms with van der Waals surface area (Å²) in [6.45, 7) is 0.868. The first kappa shape index (κ1) is 18.7. The van der Waals surface area contributed by atoms with Gasteiger partial charge in [-0.3, -0.25) is 4.79 Å². The number of fused-ring (bicyclic) bond motifs is 1. The van der Waals surface area contributed by atoms with Gasteiger partial charge in [-0.15, -0.1) is 11.3 Å². The molecule has 0 radical (unpaired) electrons. The molecule has 0 unspecified atom stereocenters. The molecule has 0 bridgehead atoms. The van der Waals surface area contributed by atoms with Crippen LogP contribution in [-0.4, -0.2) is 23.5 Å². The molecule has 2 aromatic carbocycles. The van der Waals surface area contributed by atoms with Crippen molar-refractivity contribution in [1.82, 2.24) is 4.98 Å². The Balaban J connectivity index is 1.58. The zero-order chi connectivity index (χ0) is 19.5. The van der Waals surface area contributed by atoms with E-state index in [9.17, 15) is 9.18 Å². The number of carbonyl (C=O) groups excluding carboxylic acids is 1. The van der Waals surface area contributed by atoms with Crippen LogP contribution in [0.25, 0.3) is 0 Å². The van der Waals surface area contributed by atoms with Gasteiger partial charge < -0.3 is 15.0 Å². The molecule has 1 aromatic heterocycles. The minimum absolute atomic E-state index is 0.141. The van der Waals surface area contributed by atoms with Crippen molar-refractivity contribution in [1.29, 1.82) is 0 Å². The first-order valence-electron chi connectivity index (χ1n) is 8.71. The lowest BCUT2D eigenvalue weighted by molar-refractivity contribution is -0.116. The van der Waals surface area contributed by atoms with E-state index in [1.54, 1.807) is 29.8 Å². The number of nitrogens with one attached hydrogen (secondary N) is 1. The van der Waals surface area contributed by atoms with Crippen molar-refractivity contribution in [3.8, 4) is 5.75 Å². The molecular weight excluding hydrogens is 401 g/mol. The van der Waals surface area contributed by atoms with E-state index in [-0.39, 0.29) is 24.2 Å². The molecule has 1 N–H and O–H groups in total. The zero-order valence-corrected chi connectivity index (χ0v) is 16.3. The summed E-state index contributed by atoms with van der Waals surface area (Å²) in [4.78, 5) is 18.7. The number of benzene rings is 2. The van der Waals surface area contributed by atoms with E-state index in [2.05, 4.69) is 15.2 Å². The van der Waals surface area contributed by atoms with E-state index < -0.39 is 0 Å². The van der Waals surface area contributed by atoms with Crippen molar-refractivity contribution in [2.24, 2.45) is 0 Å². The molecule has 0 saturated heterocycles. The lowest BCUT2D eigenvalue weighted by Crippen LogP contribution is -2.44. The molecule has 1 amide bonds. The van der Waals surface area contributed by atoms with E-state index in [0.29, 0.717) is 29.1 Å². The topological polar surface area (TPSA) is 54.5 Å². The fourth-order valence-corrected chi connectivity index (χ4v) is 3.86. The number of hydrogen-bond acceptors (Lipinski definition) is 5. The highest BCUT2D eigenvalue weighted by atomic mass is 35.5. The molecule has 28 heavy (non-hydrogen) atoms. The first-order chi connectivity index (χ1) is 13.6. The van der Waals surface area contributed by atoms with Gasteiger partial charge in [-0.25, -0.2) is 9.37 Å². The maximum atomic E-state index is 13.3. The van der Waals surface area contributed by atoms with E-state index >= 15 is 0 Å². The second kappa shape index (κ2) is 8.16. The monoisotopic (exact) mass is 417 g/mol. The summed E-state index contributed by atoms with van der Waals surface area (Å²) in [5.74, 6) is 0.287. The van der Waals surface area contributed by atoms with E-state index in [0.717, 1.165) is 11.3 Å². The van der Waals surface area contributed by atoms with Crippen LogP contribution in [0.4, 0.5) is 15.2 Å². The second-order valence-electron chi connectivity index (χ2n) is 6.42. The third kappa shape index (κ3) is 4.26. The Hall–Kier alpha value is -2.64. The van der Waals surface area contributed by atoms with Gasteiger partial charge in [0.05, 0.1) is 18.2 Å². The SMILES string of the molecule is O=C(C[C@H]1COc2ccc(Cl)cc2N1Cc1ccc(F)cc1)Nc1nccs1. The van der Waals surface area contributed by atoms with Crippen LogP contribution in [0.1, 0.15) is 12.0 Å². The number of amides is 1. The highest BCUT2D eigenvalue weighted by Gasteiger charge is 2.30. The van der Waals surface area contributed by atoms with Crippen LogP contribution in [0, 0.1) is 5.82 Å². The largest absolute Gasteiger partial charge is 0.489 e. The number of hydrogen-bond donors (Lipinski definition) is 1. The quantitative estimate of drug-likeness (QED) is 0.652. The van der Waals surface area contributed by atoms with E-state index in [4.69, 9.17) is 16.3 Å². The molecule has 0 aliphatic carbocycles. The Kier molecular flexibility index (Phi) is 5.45. The first-order valence-corrected chi connectivity index (χ1v) is 9.97. The normalized spacial score (nSPS) is 15.6. The predicted molar refractivity (Wildman–Crippen MR) is 109 cm³/mol. The average molecular weight is 418 g/mol. The van der Waals surface area contributed by atoms with E-state index in [1.807, 2.05) is 12.1 Å². The van der Waals surface area contributed by atoms with Crippen molar-refractivity contribution < 1.29 is 13.9 Å². The Morgan fingerprint density at radius 1 is 1.32 bits per heavy atom. The Bertz CT molecular complexity index is 966. The van der Waals surface area contributed by atoms with Crippen LogP contribution >= 0.6 is 22.9 Å². The number of carbonyl (C=O) groups is 1. The molecule has 5 nitrogen and oxygen atoms in total.